The van der Waals surface area contributed by atoms with E-state index in [2.05, 4.69) is 21.2 Å². The normalized spacial score (nSPS) is 14.6. The number of hydrogen-bond donors (Lipinski definition) is 3. The molecule has 8 nitrogen and oxygen atoms in total. The van der Waals surface area contributed by atoms with Gasteiger partial charge in [0.1, 0.15) is 17.4 Å². The van der Waals surface area contributed by atoms with Crippen LogP contribution < -0.4 is 15.0 Å². The summed E-state index contributed by atoms with van der Waals surface area (Å²) in [6, 6.07) is 14.0. The number of nitriles is 1. The molecule has 1 fully saturated rings. The number of piperazine rings is 1. The lowest BCUT2D eigenvalue weighted by Crippen LogP contribution is -2.47. The van der Waals surface area contributed by atoms with E-state index in [1.54, 1.807) is 7.11 Å². The Labute approximate surface area is 187 Å². The van der Waals surface area contributed by atoms with Crippen molar-refractivity contribution in [1.29, 1.82) is 5.26 Å². The van der Waals surface area contributed by atoms with Crippen molar-refractivity contribution in [2.45, 2.75) is 6.42 Å². The number of nitrogens with zero attached hydrogens (tertiary/aromatic N) is 3. The molecule has 168 valence electrons. The van der Waals surface area contributed by atoms with Crippen LogP contribution in [0.5, 0.6) is 17.2 Å². The van der Waals surface area contributed by atoms with E-state index in [0.29, 0.717) is 12.1 Å². The van der Waals surface area contributed by atoms with Gasteiger partial charge in [0, 0.05) is 32.7 Å². The molecule has 0 atom stereocenters. The average Bonchev–Trinajstić information content (AvgIpc) is 2.82. The van der Waals surface area contributed by atoms with Crippen LogP contribution in [0.2, 0.25) is 0 Å². The van der Waals surface area contributed by atoms with Crippen molar-refractivity contribution in [2.24, 2.45) is 0 Å². The number of aromatic hydroxyl groups is 2. The van der Waals surface area contributed by atoms with E-state index in [-0.39, 0.29) is 17.1 Å². The second kappa shape index (κ2) is 11.1. The fourth-order valence-electron chi connectivity index (χ4n) is 3.65. The van der Waals surface area contributed by atoms with Crippen molar-refractivity contribution < 1.29 is 19.7 Å². The average molecular weight is 437 g/mol. The van der Waals surface area contributed by atoms with E-state index in [1.807, 2.05) is 24.3 Å². The molecule has 0 aliphatic carbocycles. The van der Waals surface area contributed by atoms with Crippen molar-refractivity contribution >= 4 is 17.7 Å². The molecule has 2 aromatic carbocycles. The molecule has 1 amide bonds. The molecular weight excluding hydrogens is 408 g/mol. The number of phenols is 2. The molecule has 1 aliphatic heterocycles. The van der Waals surface area contributed by atoms with Gasteiger partial charge in [-0.2, -0.15) is 5.26 Å². The number of ether oxygens (including phenoxy) is 1. The number of carbonyl (C=O) groups excluding carboxylic acids is 1. The summed E-state index contributed by atoms with van der Waals surface area (Å²) in [5, 5.41) is 31.0. The monoisotopic (exact) mass is 436 g/mol. The zero-order chi connectivity index (χ0) is 22.9. The summed E-state index contributed by atoms with van der Waals surface area (Å²) < 4.78 is 5.46. The van der Waals surface area contributed by atoms with Crippen LogP contribution in [0.3, 0.4) is 0 Å². The minimum Gasteiger partial charge on any atom is -0.504 e. The molecule has 1 aliphatic rings. The van der Waals surface area contributed by atoms with Gasteiger partial charge in [-0.1, -0.05) is 18.2 Å². The summed E-state index contributed by atoms with van der Waals surface area (Å²) >= 11 is 0. The number of phenolic OH excluding ortho intramolecular Hbond substituents is 2. The third-order valence-electron chi connectivity index (χ3n) is 5.41. The van der Waals surface area contributed by atoms with Crippen LogP contribution in [0, 0.1) is 11.3 Å². The van der Waals surface area contributed by atoms with E-state index >= 15 is 0 Å². The van der Waals surface area contributed by atoms with Gasteiger partial charge in [0.15, 0.2) is 11.5 Å². The predicted molar refractivity (Wildman–Crippen MR) is 123 cm³/mol. The highest BCUT2D eigenvalue weighted by molar-refractivity contribution is 6.01. The van der Waals surface area contributed by atoms with Crippen LogP contribution in [0.25, 0.3) is 6.08 Å². The Kier molecular flexibility index (Phi) is 7.95. The maximum atomic E-state index is 12.3. The highest BCUT2D eigenvalue weighted by atomic mass is 16.5. The zero-order valence-electron chi connectivity index (χ0n) is 18.1. The standard InChI is InChI=1S/C24H28N4O4/c1-32-23-6-3-2-5-20(23)28-13-11-27(12-14-28)10-4-9-26-24(31)19(17-25)15-18-7-8-21(29)22(30)16-18/h2-3,5-8,15-16,29-30H,4,9-14H2,1H3,(H,26,31)/b19-15+. The van der Waals surface area contributed by atoms with Gasteiger partial charge in [0.05, 0.1) is 12.8 Å². The lowest BCUT2D eigenvalue weighted by atomic mass is 10.1. The van der Waals surface area contributed by atoms with Crippen molar-refractivity contribution in [3.8, 4) is 23.3 Å². The predicted octanol–water partition coefficient (Wildman–Crippen LogP) is 2.34. The number of hydrogen-bond acceptors (Lipinski definition) is 7. The number of anilines is 1. The van der Waals surface area contributed by atoms with Crippen molar-refractivity contribution in [3.05, 3.63) is 53.6 Å². The minimum absolute atomic E-state index is 0.0551. The quantitative estimate of drug-likeness (QED) is 0.252. The van der Waals surface area contributed by atoms with Crippen LogP contribution in [0.1, 0.15) is 12.0 Å². The summed E-state index contributed by atoms with van der Waals surface area (Å²) in [4.78, 5) is 17.0. The maximum Gasteiger partial charge on any atom is 0.261 e. The van der Waals surface area contributed by atoms with Gasteiger partial charge in [-0.3, -0.25) is 9.69 Å². The molecule has 3 rings (SSSR count). The lowest BCUT2D eigenvalue weighted by Gasteiger charge is -2.36. The zero-order valence-corrected chi connectivity index (χ0v) is 18.1. The number of nitrogens with one attached hydrogen (secondary N) is 1. The molecule has 1 saturated heterocycles. The first-order chi connectivity index (χ1) is 15.5. The maximum absolute atomic E-state index is 12.3. The van der Waals surface area contributed by atoms with Gasteiger partial charge in [-0.25, -0.2) is 0 Å². The molecule has 1 heterocycles. The number of benzene rings is 2. The van der Waals surface area contributed by atoms with Crippen molar-refractivity contribution in [3.63, 3.8) is 0 Å². The van der Waals surface area contributed by atoms with E-state index < -0.39 is 5.91 Å². The molecule has 8 heteroatoms. The Bertz CT molecular complexity index is 1010. The molecule has 0 saturated carbocycles. The molecule has 0 spiro atoms. The first-order valence-electron chi connectivity index (χ1n) is 10.5. The molecule has 2 aromatic rings. The smallest absolute Gasteiger partial charge is 0.261 e. The van der Waals surface area contributed by atoms with Crippen molar-refractivity contribution in [2.75, 3.05) is 51.3 Å². The highest BCUT2D eigenvalue weighted by Crippen LogP contribution is 2.28. The number of amides is 1. The summed E-state index contributed by atoms with van der Waals surface area (Å²) in [5.41, 5.74) is 1.51. The third kappa shape index (κ3) is 5.93. The summed E-state index contributed by atoms with van der Waals surface area (Å²) in [5.74, 6) is -0.135. The number of rotatable bonds is 8. The Balaban J connectivity index is 1.42. The molecule has 0 unspecified atom stereocenters. The summed E-state index contributed by atoms with van der Waals surface area (Å²) in [6.07, 6.45) is 2.16. The molecular formula is C24H28N4O4. The number of para-hydroxylation sites is 2. The third-order valence-corrected chi connectivity index (χ3v) is 5.41. The number of methoxy groups -OCH3 is 1. The van der Waals surface area contributed by atoms with Gasteiger partial charge in [0.25, 0.3) is 5.91 Å². The van der Waals surface area contributed by atoms with Gasteiger partial charge in [-0.15, -0.1) is 0 Å². The first-order valence-corrected chi connectivity index (χ1v) is 10.5. The summed E-state index contributed by atoms with van der Waals surface area (Å²) in [6.45, 7) is 5.00. The number of carbonyl (C=O) groups is 1. The SMILES string of the molecule is COc1ccccc1N1CCN(CCCNC(=O)/C(C#N)=C/c2ccc(O)c(O)c2)CC1. The molecule has 0 aromatic heterocycles. The Morgan fingerprint density at radius 3 is 2.59 bits per heavy atom. The van der Waals surface area contributed by atoms with E-state index in [4.69, 9.17) is 4.74 Å². The highest BCUT2D eigenvalue weighted by Gasteiger charge is 2.19. The molecule has 0 bridgehead atoms. The van der Waals surface area contributed by atoms with Gasteiger partial charge in [0.2, 0.25) is 0 Å². The van der Waals surface area contributed by atoms with Crippen LogP contribution in [-0.2, 0) is 4.79 Å². The fourth-order valence-corrected chi connectivity index (χ4v) is 3.65. The second-order valence-electron chi connectivity index (χ2n) is 7.53. The topological polar surface area (TPSA) is 109 Å². The largest absolute Gasteiger partial charge is 0.504 e. The molecule has 3 N–H and O–H groups in total. The molecule has 0 radical (unpaired) electrons. The van der Waals surface area contributed by atoms with Gasteiger partial charge in [-0.05, 0) is 48.9 Å². The Morgan fingerprint density at radius 1 is 1.16 bits per heavy atom. The van der Waals surface area contributed by atoms with Crippen LogP contribution >= 0.6 is 0 Å². The lowest BCUT2D eigenvalue weighted by molar-refractivity contribution is -0.117. The van der Waals surface area contributed by atoms with E-state index in [1.165, 1.54) is 24.3 Å². The van der Waals surface area contributed by atoms with Crippen LogP contribution in [-0.4, -0.2) is 67.4 Å². The Hall–Kier alpha value is -3.70. The van der Waals surface area contributed by atoms with Crippen LogP contribution in [0.15, 0.2) is 48.0 Å². The molecule has 32 heavy (non-hydrogen) atoms. The van der Waals surface area contributed by atoms with Gasteiger partial charge < -0.3 is 25.2 Å². The fraction of sp³-hybridized carbons (Fsp3) is 0.333. The Morgan fingerprint density at radius 2 is 1.91 bits per heavy atom. The minimum atomic E-state index is -0.457. The van der Waals surface area contributed by atoms with E-state index in [0.717, 1.165) is 50.6 Å². The summed E-state index contributed by atoms with van der Waals surface area (Å²) in [7, 11) is 1.69. The first kappa shape index (κ1) is 23.0. The van der Waals surface area contributed by atoms with Gasteiger partial charge >= 0.3 is 0 Å². The van der Waals surface area contributed by atoms with Crippen LogP contribution in [0.4, 0.5) is 5.69 Å². The van der Waals surface area contributed by atoms with Crippen molar-refractivity contribution in [1.82, 2.24) is 10.2 Å². The van der Waals surface area contributed by atoms with E-state index in [9.17, 15) is 20.3 Å². The second-order valence-corrected chi connectivity index (χ2v) is 7.53.